The molecule has 0 spiro atoms. The molecule has 2 rings (SSSR count). The second-order valence-corrected chi connectivity index (χ2v) is 6.48. The smallest absolute Gasteiger partial charge is 0.178 e. The topological polar surface area (TPSA) is 78.0 Å². The van der Waals surface area contributed by atoms with E-state index in [2.05, 4.69) is 5.10 Å². The van der Waals surface area contributed by atoms with E-state index >= 15 is 0 Å². The maximum absolute atomic E-state index is 11.5. The molecule has 1 unspecified atom stereocenters. The van der Waals surface area contributed by atoms with Crippen LogP contribution in [-0.2, 0) is 9.84 Å². The summed E-state index contributed by atoms with van der Waals surface area (Å²) >= 11 is 0. The lowest BCUT2D eigenvalue weighted by molar-refractivity contribution is 0.602. The number of para-hydroxylation sites is 1. The second-order valence-electron chi connectivity index (χ2n) is 4.47. The van der Waals surface area contributed by atoms with Crippen LogP contribution in [0.5, 0.6) is 0 Å². The second kappa shape index (κ2) is 5.14. The molecule has 0 fully saturated rings. The van der Waals surface area contributed by atoms with E-state index in [1.807, 2.05) is 31.2 Å². The molecule has 1 aromatic heterocycles. The van der Waals surface area contributed by atoms with Gasteiger partial charge in [0.05, 0.1) is 11.9 Å². The van der Waals surface area contributed by atoms with Gasteiger partial charge in [0, 0.05) is 18.5 Å². The highest BCUT2D eigenvalue weighted by atomic mass is 32.2. The van der Waals surface area contributed by atoms with Crippen LogP contribution < -0.4 is 5.73 Å². The Morgan fingerprint density at radius 3 is 2.63 bits per heavy atom. The molecule has 2 N–H and O–H groups in total. The van der Waals surface area contributed by atoms with Gasteiger partial charge < -0.3 is 5.73 Å². The standard InChI is InChI=1S/C13H17N3O2S/c1-3-12(14)11-6-4-5-7-13(11)16-9-10(8-15-16)19(2,17)18/h4-9,12H,3,14H2,1-2H3. The molecule has 0 saturated carbocycles. The molecule has 5 nitrogen and oxygen atoms in total. The predicted molar refractivity (Wildman–Crippen MR) is 73.9 cm³/mol. The van der Waals surface area contributed by atoms with Crippen molar-refractivity contribution < 1.29 is 8.42 Å². The van der Waals surface area contributed by atoms with Crippen LogP contribution in [0.2, 0.25) is 0 Å². The van der Waals surface area contributed by atoms with Gasteiger partial charge in [-0.15, -0.1) is 0 Å². The first-order valence-corrected chi connectivity index (χ1v) is 7.92. The molecule has 1 aromatic carbocycles. The third kappa shape index (κ3) is 2.85. The predicted octanol–water partition coefficient (Wildman–Crippen LogP) is 1.69. The molecule has 0 saturated heterocycles. The molecule has 1 atom stereocenters. The lowest BCUT2D eigenvalue weighted by Crippen LogP contribution is -2.12. The van der Waals surface area contributed by atoms with Crippen molar-refractivity contribution in [3.63, 3.8) is 0 Å². The Balaban J connectivity index is 2.51. The average molecular weight is 279 g/mol. The third-order valence-electron chi connectivity index (χ3n) is 3.01. The number of rotatable bonds is 4. The highest BCUT2D eigenvalue weighted by molar-refractivity contribution is 7.90. The molecule has 6 heteroatoms. The zero-order valence-corrected chi connectivity index (χ0v) is 11.8. The first-order chi connectivity index (χ1) is 8.93. The maximum Gasteiger partial charge on any atom is 0.178 e. The van der Waals surface area contributed by atoms with E-state index in [1.54, 1.807) is 4.68 Å². The molecule has 0 amide bonds. The van der Waals surface area contributed by atoms with Crippen molar-refractivity contribution in [1.29, 1.82) is 0 Å². The average Bonchev–Trinajstić information content (AvgIpc) is 2.87. The van der Waals surface area contributed by atoms with Crippen molar-refractivity contribution in [3.8, 4) is 5.69 Å². The number of benzene rings is 1. The van der Waals surface area contributed by atoms with E-state index in [0.29, 0.717) is 0 Å². The minimum atomic E-state index is -3.24. The lowest BCUT2D eigenvalue weighted by Gasteiger charge is -2.14. The summed E-state index contributed by atoms with van der Waals surface area (Å²) in [5, 5.41) is 4.11. The maximum atomic E-state index is 11.5. The molecule has 102 valence electrons. The van der Waals surface area contributed by atoms with Crippen molar-refractivity contribution >= 4 is 9.84 Å². The Morgan fingerprint density at radius 1 is 1.37 bits per heavy atom. The zero-order chi connectivity index (χ0) is 14.0. The summed E-state index contributed by atoms with van der Waals surface area (Å²) in [6, 6.07) is 7.51. The number of hydrogen-bond acceptors (Lipinski definition) is 4. The molecule has 0 aliphatic heterocycles. The van der Waals surface area contributed by atoms with Crippen LogP contribution in [0.25, 0.3) is 5.69 Å². The number of hydrogen-bond donors (Lipinski definition) is 1. The first-order valence-electron chi connectivity index (χ1n) is 6.03. The van der Waals surface area contributed by atoms with Crippen molar-refractivity contribution in [2.24, 2.45) is 5.73 Å². The summed E-state index contributed by atoms with van der Waals surface area (Å²) < 4.78 is 24.5. The molecule has 0 bridgehead atoms. The van der Waals surface area contributed by atoms with Crippen LogP contribution in [-0.4, -0.2) is 24.5 Å². The van der Waals surface area contributed by atoms with Crippen LogP contribution >= 0.6 is 0 Å². The fourth-order valence-electron chi connectivity index (χ4n) is 1.86. The summed E-state index contributed by atoms with van der Waals surface area (Å²) in [4.78, 5) is 0.201. The SMILES string of the molecule is CCC(N)c1ccccc1-n1cc(S(C)(=O)=O)cn1. The Labute approximate surface area is 113 Å². The number of nitrogens with two attached hydrogens (primary N) is 1. The molecule has 0 aliphatic carbocycles. The number of sulfone groups is 1. The van der Waals surface area contributed by atoms with Gasteiger partial charge in [-0.25, -0.2) is 13.1 Å². The normalized spacial score (nSPS) is 13.4. The molecular weight excluding hydrogens is 262 g/mol. The van der Waals surface area contributed by atoms with Gasteiger partial charge in [0.25, 0.3) is 0 Å². The summed E-state index contributed by atoms with van der Waals surface area (Å²) in [7, 11) is -3.24. The summed E-state index contributed by atoms with van der Waals surface area (Å²) in [6.45, 7) is 2.01. The molecule has 0 aliphatic rings. The Bertz CT molecular complexity index is 677. The Morgan fingerprint density at radius 2 is 2.05 bits per heavy atom. The minimum absolute atomic E-state index is 0.0953. The summed E-state index contributed by atoms with van der Waals surface area (Å²) in [5.74, 6) is 0. The van der Waals surface area contributed by atoms with Crippen LogP contribution in [0, 0.1) is 0 Å². The van der Waals surface area contributed by atoms with Crippen molar-refractivity contribution in [3.05, 3.63) is 42.2 Å². The number of aromatic nitrogens is 2. The van der Waals surface area contributed by atoms with Crippen molar-refractivity contribution in [2.75, 3.05) is 6.26 Å². The van der Waals surface area contributed by atoms with Gasteiger partial charge >= 0.3 is 0 Å². The van der Waals surface area contributed by atoms with Gasteiger partial charge in [0.15, 0.2) is 9.84 Å². The van der Waals surface area contributed by atoms with Gasteiger partial charge in [-0.05, 0) is 18.1 Å². The molecule has 19 heavy (non-hydrogen) atoms. The first kappa shape index (κ1) is 13.8. The summed E-state index contributed by atoms with van der Waals surface area (Å²) in [6.07, 6.45) is 4.83. The van der Waals surface area contributed by atoms with Crippen molar-refractivity contribution in [1.82, 2.24) is 9.78 Å². The highest BCUT2D eigenvalue weighted by Gasteiger charge is 2.14. The molecule has 0 radical (unpaired) electrons. The van der Waals surface area contributed by atoms with E-state index in [0.717, 1.165) is 23.9 Å². The molecule has 1 heterocycles. The zero-order valence-electron chi connectivity index (χ0n) is 10.9. The van der Waals surface area contributed by atoms with E-state index in [9.17, 15) is 8.42 Å². The van der Waals surface area contributed by atoms with E-state index in [-0.39, 0.29) is 10.9 Å². The highest BCUT2D eigenvalue weighted by Crippen LogP contribution is 2.22. The van der Waals surface area contributed by atoms with Gasteiger partial charge in [-0.1, -0.05) is 25.1 Å². The Hall–Kier alpha value is -1.66. The monoisotopic (exact) mass is 279 g/mol. The lowest BCUT2D eigenvalue weighted by atomic mass is 10.0. The fourth-order valence-corrected chi connectivity index (χ4v) is 2.39. The van der Waals surface area contributed by atoms with E-state index in [4.69, 9.17) is 5.73 Å². The van der Waals surface area contributed by atoms with Gasteiger partial charge in [-0.2, -0.15) is 5.10 Å². The Kier molecular flexibility index (Phi) is 3.73. The van der Waals surface area contributed by atoms with E-state index in [1.165, 1.54) is 12.4 Å². The van der Waals surface area contributed by atoms with Crippen LogP contribution in [0.4, 0.5) is 0 Å². The quantitative estimate of drug-likeness (QED) is 0.923. The third-order valence-corrected chi connectivity index (χ3v) is 4.08. The summed E-state index contributed by atoms with van der Waals surface area (Å²) in [5.41, 5.74) is 7.83. The van der Waals surface area contributed by atoms with Gasteiger partial charge in [0.1, 0.15) is 4.90 Å². The van der Waals surface area contributed by atoms with Crippen LogP contribution in [0.1, 0.15) is 24.9 Å². The number of nitrogens with zero attached hydrogens (tertiary/aromatic N) is 2. The van der Waals surface area contributed by atoms with Crippen LogP contribution in [0.3, 0.4) is 0 Å². The van der Waals surface area contributed by atoms with Crippen molar-refractivity contribution in [2.45, 2.75) is 24.3 Å². The van der Waals surface area contributed by atoms with Gasteiger partial charge in [-0.3, -0.25) is 0 Å². The van der Waals surface area contributed by atoms with E-state index < -0.39 is 9.84 Å². The fraction of sp³-hybridized carbons (Fsp3) is 0.308. The van der Waals surface area contributed by atoms with Crippen LogP contribution in [0.15, 0.2) is 41.6 Å². The largest absolute Gasteiger partial charge is 0.324 e. The molecular formula is C13H17N3O2S. The molecule has 2 aromatic rings. The minimum Gasteiger partial charge on any atom is -0.324 e. The van der Waals surface area contributed by atoms with Gasteiger partial charge in [0.2, 0.25) is 0 Å².